The van der Waals surface area contributed by atoms with Gasteiger partial charge in [-0.2, -0.15) is 0 Å². The van der Waals surface area contributed by atoms with Crippen LogP contribution >= 0.6 is 23.5 Å². The van der Waals surface area contributed by atoms with Gasteiger partial charge < -0.3 is 20.1 Å². The van der Waals surface area contributed by atoms with E-state index in [9.17, 15) is 28.8 Å². The molecule has 0 saturated heterocycles. The number of hydrogen-bond acceptors (Lipinski definition) is 10. The van der Waals surface area contributed by atoms with Crippen molar-refractivity contribution >= 4 is 57.5 Å². The molecule has 1 unspecified atom stereocenters. The highest BCUT2D eigenvalue weighted by molar-refractivity contribution is 8.14. The lowest BCUT2D eigenvalue weighted by Crippen LogP contribution is -2.44. The molecule has 1 aliphatic rings. The molecule has 2 atom stereocenters. The van der Waals surface area contributed by atoms with Gasteiger partial charge in [-0.05, 0) is 38.1 Å². The van der Waals surface area contributed by atoms with E-state index < -0.39 is 46.1 Å². The second kappa shape index (κ2) is 13.8. The molecule has 200 valence electrons. The normalized spacial score (nSPS) is 18.9. The van der Waals surface area contributed by atoms with E-state index in [4.69, 9.17) is 9.47 Å². The monoisotopic (exact) mass is 558 g/mol. The lowest BCUT2D eigenvalue weighted by atomic mass is 10.1. The zero-order chi connectivity index (χ0) is 27.7. The number of rotatable bonds is 4. The van der Waals surface area contributed by atoms with Crippen molar-refractivity contribution in [3.63, 3.8) is 0 Å². The highest BCUT2D eigenvalue weighted by Crippen LogP contribution is 2.20. The molecule has 4 bridgehead atoms. The maximum absolute atomic E-state index is 13.0. The number of nitrogens with one attached hydrogen (secondary N) is 2. The van der Waals surface area contributed by atoms with Crippen molar-refractivity contribution in [2.24, 2.45) is 0 Å². The number of esters is 2. The number of carbonyl (C=O) groups excluding carboxylic acids is 6. The van der Waals surface area contributed by atoms with Crippen molar-refractivity contribution in [3.05, 3.63) is 70.8 Å². The van der Waals surface area contributed by atoms with Gasteiger partial charge in [-0.25, -0.2) is 9.59 Å². The minimum atomic E-state index is -1.15. The Morgan fingerprint density at radius 2 is 1.08 bits per heavy atom. The van der Waals surface area contributed by atoms with Gasteiger partial charge in [0.05, 0.1) is 13.2 Å². The third-order valence-corrected chi connectivity index (χ3v) is 7.23. The van der Waals surface area contributed by atoms with Gasteiger partial charge in [0.15, 0.2) is 0 Å². The molecule has 2 aromatic carbocycles. The third kappa shape index (κ3) is 7.68. The number of amides is 2. The Labute approximate surface area is 227 Å². The zero-order valence-corrected chi connectivity index (χ0v) is 22.3. The molecule has 0 aliphatic carbocycles. The smallest absolute Gasteiger partial charge is 0.329 e. The van der Waals surface area contributed by atoms with Gasteiger partial charge in [-0.15, -0.1) is 0 Å². The molecular formula is C26H26N2O8S2. The van der Waals surface area contributed by atoms with Crippen LogP contribution in [0.5, 0.6) is 0 Å². The molecule has 3 rings (SSSR count). The first kappa shape index (κ1) is 28.9. The maximum Gasteiger partial charge on any atom is 0.329 e. The van der Waals surface area contributed by atoms with Gasteiger partial charge in [0.1, 0.15) is 12.1 Å². The van der Waals surface area contributed by atoms with Crippen LogP contribution in [0.25, 0.3) is 0 Å². The molecule has 2 aromatic rings. The van der Waals surface area contributed by atoms with E-state index in [2.05, 4.69) is 10.6 Å². The van der Waals surface area contributed by atoms with Gasteiger partial charge in [0.25, 0.3) is 11.8 Å². The standard InChI is InChI=1S/C26H26N2O8S2/c1-3-35-23(31)19-13-37-25(33)17-9-6-10-18(12-17)26(34)38-14-20(24(32)36-4-2)28-22(30)16-8-5-7-15(11-16)21(29)27-19/h5-12,19-20H,3-4,13-14H2,1-2H3,(H,27,29)(H,28,30)/t19-,20?/m1/s1. The summed E-state index contributed by atoms with van der Waals surface area (Å²) in [7, 11) is 0. The topological polar surface area (TPSA) is 145 Å². The Balaban J connectivity index is 1.99. The van der Waals surface area contributed by atoms with Crippen LogP contribution in [-0.2, 0) is 19.1 Å². The van der Waals surface area contributed by atoms with E-state index in [1.807, 2.05) is 0 Å². The lowest BCUT2D eigenvalue weighted by Gasteiger charge is -2.18. The fourth-order valence-electron chi connectivity index (χ4n) is 3.37. The predicted octanol–water partition coefficient (Wildman–Crippen LogP) is 2.47. The highest BCUT2D eigenvalue weighted by Gasteiger charge is 2.27. The van der Waals surface area contributed by atoms with Crippen molar-refractivity contribution in [1.29, 1.82) is 0 Å². The summed E-state index contributed by atoms with van der Waals surface area (Å²) < 4.78 is 10.1. The first-order chi connectivity index (χ1) is 18.2. The molecule has 10 nitrogen and oxygen atoms in total. The van der Waals surface area contributed by atoms with E-state index >= 15 is 0 Å². The number of benzene rings is 2. The number of ether oxygens (including phenoxy) is 2. The summed E-state index contributed by atoms with van der Waals surface area (Å²) in [5.41, 5.74) is 0.600. The molecule has 0 saturated carbocycles. The van der Waals surface area contributed by atoms with E-state index in [0.717, 1.165) is 23.5 Å². The minimum absolute atomic E-state index is 0.0724. The van der Waals surface area contributed by atoms with Crippen LogP contribution in [0.1, 0.15) is 55.3 Å². The van der Waals surface area contributed by atoms with Crippen LogP contribution in [0.2, 0.25) is 0 Å². The molecule has 1 aliphatic heterocycles. The minimum Gasteiger partial charge on any atom is -0.464 e. The van der Waals surface area contributed by atoms with Crippen LogP contribution in [0.3, 0.4) is 0 Å². The van der Waals surface area contributed by atoms with Crippen molar-refractivity contribution in [3.8, 4) is 0 Å². The summed E-state index contributed by atoms with van der Waals surface area (Å²) in [6.45, 7) is 3.38. The van der Waals surface area contributed by atoms with Crippen molar-refractivity contribution in [2.75, 3.05) is 24.7 Å². The Kier molecular flexibility index (Phi) is 10.5. The molecule has 12 heteroatoms. The molecular weight excluding hydrogens is 532 g/mol. The number of hydrogen-bond donors (Lipinski definition) is 2. The number of carbonyl (C=O) groups is 6. The Hall–Kier alpha value is -3.64. The largest absolute Gasteiger partial charge is 0.464 e. The van der Waals surface area contributed by atoms with Gasteiger partial charge in [0, 0.05) is 33.8 Å². The van der Waals surface area contributed by atoms with Gasteiger partial charge in [-0.1, -0.05) is 47.8 Å². The SMILES string of the molecule is CCOC(=O)C1CSC(=O)c2cccc(c2)C(=O)SC[C@H](C(=O)OCC)NC(=O)c2cccc(c2)C(=O)N1. The molecule has 0 radical (unpaired) electrons. The quantitative estimate of drug-likeness (QED) is 0.537. The highest BCUT2D eigenvalue weighted by atomic mass is 32.2. The van der Waals surface area contributed by atoms with E-state index in [1.165, 1.54) is 42.5 Å². The molecule has 38 heavy (non-hydrogen) atoms. The second-order valence-electron chi connectivity index (χ2n) is 7.91. The number of thioether (sulfide) groups is 2. The van der Waals surface area contributed by atoms with Crippen LogP contribution in [0.4, 0.5) is 0 Å². The summed E-state index contributed by atoms with van der Waals surface area (Å²) in [5, 5.41) is 4.30. The van der Waals surface area contributed by atoms with Gasteiger partial charge in [0.2, 0.25) is 10.2 Å². The zero-order valence-electron chi connectivity index (χ0n) is 20.7. The van der Waals surface area contributed by atoms with E-state index in [0.29, 0.717) is 0 Å². The molecule has 0 fully saturated rings. The van der Waals surface area contributed by atoms with E-state index in [-0.39, 0.29) is 47.0 Å². The maximum atomic E-state index is 13.0. The fourth-order valence-corrected chi connectivity index (χ4v) is 5.03. The first-order valence-corrected chi connectivity index (χ1v) is 13.7. The van der Waals surface area contributed by atoms with Crippen LogP contribution in [0, 0.1) is 0 Å². The molecule has 1 heterocycles. The predicted molar refractivity (Wildman–Crippen MR) is 142 cm³/mol. The second-order valence-corrected chi connectivity index (χ2v) is 9.90. The summed E-state index contributed by atoms with van der Waals surface area (Å²) in [5.74, 6) is -2.98. The third-order valence-electron chi connectivity index (χ3n) is 5.24. The summed E-state index contributed by atoms with van der Waals surface area (Å²) in [4.78, 5) is 76.6. The van der Waals surface area contributed by atoms with Crippen molar-refractivity contribution < 1.29 is 38.2 Å². The molecule has 0 aromatic heterocycles. The summed E-state index contributed by atoms with van der Waals surface area (Å²) in [6.07, 6.45) is 0. The van der Waals surface area contributed by atoms with E-state index in [1.54, 1.807) is 19.9 Å². The van der Waals surface area contributed by atoms with Crippen molar-refractivity contribution in [1.82, 2.24) is 10.6 Å². The summed E-state index contributed by atoms with van der Waals surface area (Å²) in [6, 6.07) is 9.39. The van der Waals surface area contributed by atoms with Crippen LogP contribution in [-0.4, -0.2) is 70.8 Å². The van der Waals surface area contributed by atoms with Crippen LogP contribution in [0.15, 0.2) is 48.5 Å². The molecule has 0 spiro atoms. The number of fused-ring (bicyclic) bond motifs is 4. The van der Waals surface area contributed by atoms with Gasteiger partial charge >= 0.3 is 11.9 Å². The molecule has 2 amide bonds. The van der Waals surface area contributed by atoms with Crippen molar-refractivity contribution in [2.45, 2.75) is 25.9 Å². The Bertz CT molecular complexity index is 1160. The fraction of sp³-hybridized carbons (Fsp3) is 0.308. The Morgan fingerprint density at radius 1 is 0.711 bits per heavy atom. The molecule has 2 N–H and O–H groups in total. The first-order valence-electron chi connectivity index (χ1n) is 11.7. The van der Waals surface area contributed by atoms with Crippen LogP contribution < -0.4 is 10.6 Å². The lowest BCUT2D eigenvalue weighted by molar-refractivity contribution is -0.145. The summed E-state index contributed by atoms with van der Waals surface area (Å²) >= 11 is 1.59. The Morgan fingerprint density at radius 3 is 1.47 bits per heavy atom. The average molecular weight is 559 g/mol. The van der Waals surface area contributed by atoms with Gasteiger partial charge in [-0.3, -0.25) is 19.2 Å². The average Bonchev–Trinajstić information content (AvgIpc) is 2.92.